The molecule has 1 fully saturated rings. The molecule has 0 bridgehead atoms. The van der Waals surface area contributed by atoms with Gasteiger partial charge in [0.1, 0.15) is 0 Å². The summed E-state index contributed by atoms with van der Waals surface area (Å²) in [6.07, 6.45) is 5.53. The molecule has 6 nitrogen and oxygen atoms in total. The Morgan fingerprint density at radius 1 is 1.36 bits per heavy atom. The standard InChI is InChI=1S/C16H19N3O3/c20-16(21)9-15-11-22-8-7-18(15)10-13-1-3-14(4-2-13)19-6-5-17-12-19/h1-6,12,15H,7-11H2,(H,20,21)/t15-/m0/s1. The number of carboxylic acids is 1. The molecule has 2 aromatic rings. The Labute approximate surface area is 129 Å². The third-order valence-corrected chi connectivity index (χ3v) is 3.88. The van der Waals surface area contributed by atoms with Crippen LogP contribution in [0.5, 0.6) is 0 Å². The second-order valence-corrected chi connectivity index (χ2v) is 5.43. The van der Waals surface area contributed by atoms with Gasteiger partial charge >= 0.3 is 5.97 Å². The van der Waals surface area contributed by atoms with Crippen molar-refractivity contribution in [2.45, 2.75) is 19.0 Å². The molecule has 0 spiro atoms. The van der Waals surface area contributed by atoms with E-state index in [9.17, 15) is 4.79 Å². The molecule has 2 heterocycles. The topological polar surface area (TPSA) is 67.6 Å². The smallest absolute Gasteiger partial charge is 0.305 e. The summed E-state index contributed by atoms with van der Waals surface area (Å²) in [4.78, 5) is 17.2. The molecule has 1 aromatic heterocycles. The molecule has 1 atom stereocenters. The first-order chi connectivity index (χ1) is 10.7. The molecule has 1 aromatic carbocycles. The van der Waals surface area contributed by atoms with Gasteiger partial charge in [0.2, 0.25) is 0 Å². The van der Waals surface area contributed by atoms with E-state index in [4.69, 9.17) is 9.84 Å². The first kappa shape index (κ1) is 14.7. The first-order valence-corrected chi connectivity index (χ1v) is 7.33. The second kappa shape index (κ2) is 6.72. The van der Waals surface area contributed by atoms with Crippen molar-refractivity contribution in [1.82, 2.24) is 14.5 Å². The summed E-state index contributed by atoms with van der Waals surface area (Å²) in [5.74, 6) is -0.782. The van der Waals surface area contributed by atoms with E-state index in [0.29, 0.717) is 13.2 Å². The quantitative estimate of drug-likeness (QED) is 0.907. The summed E-state index contributed by atoms with van der Waals surface area (Å²) in [6, 6.07) is 8.18. The number of ether oxygens (including phenoxy) is 1. The summed E-state index contributed by atoms with van der Waals surface area (Å²) in [5, 5.41) is 9.00. The minimum absolute atomic E-state index is 0.0559. The lowest BCUT2D eigenvalue weighted by atomic mass is 10.1. The summed E-state index contributed by atoms with van der Waals surface area (Å²) >= 11 is 0. The van der Waals surface area contributed by atoms with Gasteiger partial charge in [0.25, 0.3) is 0 Å². The molecule has 0 saturated carbocycles. The van der Waals surface area contributed by atoms with Crippen LogP contribution in [0.4, 0.5) is 0 Å². The lowest BCUT2D eigenvalue weighted by molar-refractivity contribution is -0.140. The molecule has 0 amide bonds. The number of benzene rings is 1. The fourth-order valence-corrected chi connectivity index (χ4v) is 2.71. The summed E-state index contributed by atoms with van der Waals surface area (Å²) in [5.41, 5.74) is 2.23. The molecule has 1 aliphatic heterocycles. The van der Waals surface area contributed by atoms with E-state index in [1.807, 2.05) is 22.9 Å². The van der Waals surface area contributed by atoms with Crippen molar-refractivity contribution in [1.29, 1.82) is 0 Å². The zero-order valence-electron chi connectivity index (χ0n) is 12.3. The van der Waals surface area contributed by atoms with Crippen LogP contribution in [0.1, 0.15) is 12.0 Å². The van der Waals surface area contributed by atoms with Crippen LogP contribution in [0.25, 0.3) is 5.69 Å². The van der Waals surface area contributed by atoms with E-state index in [-0.39, 0.29) is 12.5 Å². The van der Waals surface area contributed by atoms with Crippen molar-refractivity contribution in [3.63, 3.8) is 0 Å². The molecule has 22 heavy (non-hydrogen) atoms. The lowest BCUT2D eigenvalue weighted by Gasteiger charge is -2.34. The number of hydrogen-bond acceptors (Lipinski definition) is 4. The number of carboxylic acid groups (broad SMARTS) is 1. The Balaban J connectivity index is 1.67. The normalized spacial score (nSPS) is 19.2. The average molecular weight is 301 g/mol. The van der Waals surface area contributed by atoms with Crippen LogP contribution in [0, 0.1) is 0 Å². The van der Waals surface area contributed by atoms with Gasteiger partial charge in [-0.15, -0.1) is 0 Å². The lowest BCUT2D eigenvalue weighted by Crippen LogP contribution is -2.45. The number of rotatable bonds is 5. The van der Waals surface area contributed by atoms with Gasteiger partial charge in [-0.25, -0.2) is 4.98 Å². The third-order valence-electron chi connectivity index (χ3n) is 3.88. The van der Waals surface area contributed by atoms with Gasteiger partial charge in [-0.2, -0.15) is 0 Å². The predicted molar refractivity (Wildman–Crippen MR) is 80.8 cm³/mol. The van der Waals surface area contributed by atoms with Gasteiger partial charge in [0.15, 0.2) is 0 Å². The molecule has 0 radical (unpaired) electrons. The van der Waals surface area contributed by atoms with Crippen molar-refractivity contribution in [2.75, 3.05) is 19.8 Å². The van der Waals surface area contributed by atoms with Crippen molar-refractivity contribution < 1.29 is 14.6 Å². The molecule has 1 N–H and O–H groups in total. The van der Waals surface area contributed by atoms with E-state index in [1.54, 1.807) is 12.5 Å². The molecule has 3 rings (SSSR count). The fraction of sp³-hybridized carbons (Fsp3) is 0.375. The largest absolute Gasteiger partial charge is 0.481 e. The number of nitrogens with zero attached hydrogens (tertiary/aromatic N) is 3. The van der Waals surface area contributed by atoms with Crippen LogP contribution < -0.4 is 0 Å². The molecule has 1 aliphatic rings. The maximum atomic E-state index is 11.0. The number of imidazole rings is 1. The number of hydrogen-bond donors (Lipinski definition) is 1. The van der Waals surface area contributed by atoms with E-state index < -0.39 is 5.97 Å². The fourth-order valence-electron chi connectivity index (χ4n) is 2.71. The van der Waals surface area contributed by atoms with Crippen molar-refractivity contribution in [3.8, 4) is 5.69 Å². The molecule has 0 unspecified atom stereocenters. The zero-order chi connectivity index (χ0) is 15.4. The average Bonchev–Trinajstić information content (AvgIpc) is 3.04. The van der Waals surface area contributed by atoms with Crippen molar-refractivity contribution in [2.24, 2.45) is 0 Å². The SMILES string of the molecule is O=C(O)C[C@H]1COCCN1Cc1ccc(-n2ccnc2)cc1. The van der Waals surface area contributed by atoms with Crippen LogP contribution in [0.3, 0.4) is 0 Å². The van der Waals surface area contributed by atoms with Crippen molar-refractivity contribution >= 4 is 5.97 Å². The molecule has 0 aliphatic carbocycles. The Kier molecular flexibility index (Phi) is 4.50. The van der Waals surface area contributed by atoms with Gasteiger partial charge in [0, 0.05) is 37.2 Å². The minimum Gasteiger partial charge on any atom is -0.481 e. The highest BCUT2D eigenvalue weighted by atomic mass is 16.5. The Hall–Kier alpha value is -2.18. The molecular formula is C16H19N3O3. The van der Waals surface area contributed by atoms with Gasteiger partial charge in [-0.05, 0) is 17.7 Å². The number of morpholine rings is 1. The second-order valence-electron chi connectivity index (χ2n) is 5.43. The Bertz CT molecular complexity index is 610. The van der Waals surface area contributed by atoms with Crippen LogP contribution in [-0.2, 0) is 16.1 Å². The highest BCUT2D eigenvalue weighted by Gasteiger charge is 2.25. The summed E-state index contributed by atoms with van der Waals surface area (Å²) < 4.78 is 7.35. The van der Waals surface area contributed by atoms with E-state index in [2.05, 4.69) is 22.0 Å². The van der Waals surface area contributed by atoms with Gasteiger partial charge in [-0.1, -0.05) is 12.1 Å². The Morgan fingerprint density at radius 3 is 2.86 bits per heavy atom. The van der Waals surface area contributed by atoms with Crippen LogP contribution in [0.2, 0.25) is 0 Å². The van der Waals surface area contributed by atoms with Crippen LogP contribution >= 0.6 is 0 Å². The molecule has 116 valence electrons. The van der Waals surface area contributed by atoms with Crippen LogP contribution in [-0.4, -0.2) is 51.3 Å². The maximum Gasteiger partial charge on any atom is 0.305 e. The number of aliphatic carboxylic acids is 1. The Morgan fingerprint density at radius 2 is 2.18 bits per heavy atom. The van der Waals surface area contributed by atoms with Gasteiger partial charge in [0.05, 0.1) is 26.0 Å². The monoisotopic (exact) mass is 301 g/mol. The molecule has 1 saturated heterocycles. The molecular weight excluding hydrogens is 282 g/mol. The number of aromatic nitrogens is 2. The van der Waals surface area contributed by atoms with Gasteiger partial charge < -0.3 is 14.4 Å². The van der Waals surface area contributed by atoms with Crippen molar-refractivity contribution in [3.05, 3.63) is 48.5 Å². The van der Waals surface area contributed by atoms with E-state index in [0.717, 1.165) is 18.8 Å². The minimum atomic E-state index is -0.782. The van der Waals surface area contributed by atoms with Crippen LogP contribution in [0.15, 0.2) is 43.0 Å². The van der Waals surface area contributed by atoms with E-state index >= 15 is 0 Å². The summed E-state index contributed by atoms with van der Waals surface area (Å²) in [6.45, 7) is 2.65. The number of carbonyl (C=O) groups is 1. The maximum absolute atomic E-state index is 11.0. The summed E-state index contributed by atoms with van der Waals surface area (Å²) in [7, 11) is 0. The molecule has 6 heteroatoms. The van der Waals surface area contributed by atoms with Gasteiger partial charge in [-0.3, -0.25) is 9.69 Å². The highest BCUT2D eigenvalue weighted by Crippen LogP contribution is 2.16. The third kappa shape index (κ3) is 3.52. The first-order valence-electron chi connectivity index (χ1n) is 7.33. The van der Waals surface area contributed by atoms with E-state index in [1.165, 1.54) is 5.56 Å². The zero-order valence-corrected chi connectivity index (χ0v) is 12.3. The predicted octanol–water partition coefficient (Wildman–Crippen LogP) is 1.55. The highest BCUT2D eigenvalue weighted by molar-refractivity contribution is 5.67.